The third-order valence-electron chi connectivity index (χ3n) is 3.23. The van der Waals surface area contributed by atoms with Crippen molar-refractivity contribution in [3.05, 3.63) is 35.4 Å². The molecule has 118 valence electrons. The number of aryl methyl sites for hydroxylation is 2. The third-order valence-corrected chi connectivity index (χ3v) is 3.23. The van der Waals surface area contributed by atoms with Gasteiger partial charge in [-0.15, -0.1) is 12.4 Å². The van der Waals surface area contributed by atoms with Crippen LogP contribution < -0.4 is 5.32 Å². The molecule has 0 aliphatic rings. The van der Waals surface area contributed by atoms with Gasteiger partial charge in [-0.3, -0.25) is 9.36 Å². The Morgan fingerprint density at radius 3 is 2.62 bits per heavy atom. The van der Waals surface area contributed by atoms with E-state index in [2.05, 4.69) is 53.1 Å². The monoisotopic (exact) mass is 311 g/mol. The number of aromatic nitrogens is 4. The molecule has 0 bridgehead atoms. The molecular formula is C15H26ClN5. The second kappa shape index (κ2) is 8.20. The number of hydrogen-bond acceptors (Lipinski definition) is 3. The van der Waals surface area contributed by atoms with Crippen molar-refractivity contribution in [2.45, 2.75) is 59.8 Å². The summed E-state index contributed by atoms with van der Waals surface area (Å²) in [4.78, 5) is 0. The average molecular weight is 312 g/mol. The van der Waals surface area contributed by atoms with Crippen LogP contribution in [0.15, 0.2) is 18.3 Å². The Morgan fingerprint density at radius 2 is 2.00 bits per heavy atom. The van der Waals surface area contributed by atoms with Crippen molar-refractivity contribution >= 4 is 12.4 Å². The van der Waals surface area contributed by atoms with Gasteiger partial charge in [0.2, 0.25) is 0 Å². The van der Waals surface area contributed by atoms with Crippen molar-refractivity contribution in [3.8, 4) is 0 Å². The Bertz CT molecular complexity index is 544. The molecule has 0 unspecified atom stereocenters. The molecule has 0 atom stereocenters. The SMILES string of the molecule is CCCn1nc(C)cc1CNCc1ccn(C(C)C)n1.Cl. The number of halogens is 1. The van der Waals surface area contributed by atoms with Crippen LogP contribution in [0.5, 0.6) is 0 Å². The van der Waals surface area contributed by atoms with E-state index in [-0.39, 0.29) is 12.4 Å². The molecule has 0 saturated carbocycles. The molecule has 0 aromatic carbocycles. The summed E-state index contributed by atoms with van der Waals surface area (Å²) in [6.45, 7) is 11.1. The minimum atomic E-state index is 0. The van der Waals surface area contributed by atoms with Gasteiger partial charge in [0.1, 0.15) is 0 Å². The van der Waals surface area contributed by atoms with Gasteiger partial charge >= 0.3 is 0 Å². The van der Waals surface area contributed by atoms with Crippen LogP contribution in [0.25, 0.3) is 0 Å². The quantitative estimate of drug-likeness (QED) is 0.855. The van der Waals surface area contributed by atoms with Crippen molar-refractivity contribution in [2.75, 3.05) is 0 Å². The fourth-order valence-corrected chi connectivity index (χ4v) is 2.22. The summed E-state index contributed by atoms with van der Waals surface area (Å²) in [6, 6.07) is 4.63. The lowest BCUT2D eigenvalue weighted by Gasteiger charge is -2.07. The minimum Gasteiger partial charge on any atom is -0.305 e. The zero-order chi connectivity index (χ0) is 14.5. The van der Waals surface area contributed by atoms with Crippen molar-refractivity contribution in [3.63, 3.8) is 0 Å². The van der Waals surface area contributed by atoms with Crippen molar-refractivity contribution in [1.29, 1.82) is 0 Å². The smallest absolute Gasteiger partial charge is 0.0762 e. The molecule has 21 heavy (non-hydrogen) atoms. The molecule has 0 aliphatic heterocycles. The zero-order valence-corrected chi connectivity index (χ0v) is 14.2. The van der Waals surface area contributed by atoms with Crippen LogP contribution in [0.2, 0.25) is 0 Å². The molecule has 0 amide bonds. The summed E-state index contributed by atoms with van der Waals surface area (Å²) >= 11 is 0. The molecular weight excluding hydrogens is 286 g/mol. The molecule has 2 heterocycles. The summed E-state index contributed by atoms with van der Waals surface area (Å²) in [5, 5.41) is 12.5. The lowest BCUT2D eigenvalue weighted by molar-refractivity contribution is 0.516. The van der Waals surface area contributed by atoms with Gasteiger partial charge in [0, 0.05) is 31.9 Å². The maximum atomic E-state index is 4.54. The van der Waals surface area contributed by atoms with Crippen LogP contribution in [-0.2, 0) is 19.6 Å². The van der Waals surface area contributed by atoms with Gasteiger partial charge in [-0.2, -0.15) is 10.2 Å². The van der Waals surface area contributed by atoms with Crippen LogP contribution in [0, 0.1) is 6.92 Å². The first-order valence-corrected chi connectivity index (χ1v) is 7.38. The highest BCUT2D eigenvalue weighted by Gasteiger charge is 2.05. The predicted octanol–water partition coefficient (Wildman–Crippen LogP) is 3.09. The fourth-order valence-electron chi connectivity index (χ4n) is 2.22. The van der Waals surface area contributed by atoms with Crippen LogP contribution in [-0.4, -0.2) is 19.6 Å². The van der Waals surface area contributed by atoms with E-state index in [1.807, 2.05) is 17.8 Å². The fraction of sp³-hybridized carbons (Fsp3) is 0.600. The first-order chi connectivity index (χ1) is 9.60. The predicted molar refractivity (Wildman–Crippen MR) is 87.7 cm³/mol. The van der Waals surface area contributed by atoms with E-state index in [1.54, 1.807) is 0 Å². The van der Waals surface area contributed by atoms with Gasteiger partial charge in [0.05, 0.1) is 17.1 Å². The van der Waals surface area contributed by atoms with E-state index in [0.717, 1.165) is 37.4 Å². The minimum absolute atomic E-state index is 0. The highest BCUT2D eigenvalue weighted by Crippen LogP contribution is 2.06. The first-order valence-electron chi connectivity index (χ1n) is 7.38. The van der Waals surface area contributed by atoms with Crippen molar-refractivity contribution in [1.82, 2.24) is 24.9 Å². The molecule has 1 N–H and O–H groups in total. The molecule has 0 radical (unpaired) electrons. The van der Waals surface area contributed by atoms with E-state index >= 15 is 0 Å². The summed E-state index contributed by atoms with van der Waals surface area (Å²) in [5.41, 5.74) is 3.41. The second-order valence-electron chi connectivity index (χ2n) is 5.48. The van der Waals surface area contributed by atoms with Crippen LogP contribution in [0.4, 0.5) is 0 Å². The van der Waals surface area contributed by atoms with Crippen LogP contribution >= 0.6 is 12.4 Å². The molecule has 2 rings (SSSR count). The summed E-state index contributed by atoms with van der Waals surface area (Å²) in [5.74, 6) is 0. The van der Waals surface area contributed by atoms with E-state index in [0.29, 0.717) is 6.04 Å². The van der Waals surface area contributed by atoms with Crippen LogP contribution in [0.1, 0.15) is 50.3 Å². The third kappa shape index (κ3) is 4.86. The summed E-state index contributed by atoms with van der Waals surface area (Å²) < 4.78 is 4.08. The number of hydrogen-bond donors (Lipinski definition) is 1. The maximum Gasteiger partial charge on any atom is 0.0762 e. The van der Waals surface area contributed by atoms with E-state index < -0.39 is 0 Å². The largest absolute Gasteiger partial charge is 0.305 e. The number of rotatable bonds is 7. The molecule has 2 aromatic heterocycles. The van der Waals surface area contributed by atoms with Crippen molar-refractivity contribution in [2.24, 2.45) is 0 Å². The average Bonchev–Trinajstić information content (AvgIpc) is 2.98. The second-order valence-corrected chi connectivity index (χ2v) is 5.48. The van der Waals surface area contributed by atoms with Gasteiger partial charge in [0.25, 0.3) is 0 Å². The van der Waals surface area contributed by atoms with E-state index in [9.17, 15) is 0 Å². The van der Waals surface area contributed by atoms with E-state index in [4.69, 9.17) is 0 Å². The van der Waals surface area contributed by atoms with Gasteiger partial charge in [-0.25, -0.2) is 0 Å². The number of nitrogens with zero attached hydrogens (tertiary/aromatic N) is 4. The van der Waals surface area contributed by atoms with E-state index in [1.165, 1.54) is 5.69 Å². The lowest BCUT2D eigenvalue weighted by Crippen LogP contribution is -2.17. The molecule has 2 aromatic rings. The summed E-state index contributed by atoms with van der Waals surface area (Å²) in [7, 11) is 0. The van der Waals surface area contributed by atoms with Crippen molar-refractivity contribution < 1.29 is 0 Å². The Balaban J connectivity index is 0.00000220. The Labute approximate surface area is 133 Å². The molecule has 0 fully saturated rings. The molecule has 0 saturated heterocycles. The van der Waals surface area contributed by atoms with Crippen LogP contribution in [0.3, 0.4) is 0 Å². The maximum absolute atomic E-state index is 4.54. The van der Waals surface area contributed by atoms with Gasteiger partial charge in [-0.05, 0) is 39.3 Å². The van der Waals surface area contributed by atoms with Gasteiger partial charge < -0.3 is 5.32 Å². The standard InChI is InChI=1S/C15H25N5.ClH/c1-5-7-20-15(9-13(4)17-20)11-16-10-14-6-8-19(18-14)12(2)3;/h6,8-9,12,16H,5,7,10-11H2,1-4H3;1H. The normalized spacial score (nSPS) is 10.9. The first kappa shape index (κ1) is 17.7. The highest BCUT2D eigenvalue weighted by molar-refractivity contribution is 5.85. The Kier molecular flexibility index (Phi) is 6.92. The zero-order valence-electron chi connectivity index (χ0n) is 13.3. The van der Waals surface area contributed by atoms with Gasteiger partial charge in [0.15, 0.2) is 0 Å². The lowest BCUT2D eigenvalue weighted by atomic mass is 10.3. The number of nitrogens with one attached hydrogen (secondary N) is 1. The molecule has 5 nitrogen and oxygen atoms in total. The molecule has 0 aliphatic carbocycles. The Hall–Kier alpha value is -1.33. The molecule has 6 heteroatoms. The molecule has 0 spiro atoms. The highest BCUT2D eigenvalue weighted by atomic mass is 35.5. The summed E-state index contributed by atoms with van der Waals surface area (Å²) in [6.07, 6.45) is 3.14. The Morgan fingerprint density at radius 1 is 1.24 bits per heavy atom. The topological polar surface area (TPSA) is 47.7 Å². The van der Waals surface area contributed by atoms with Gasteiger partial charge in [-0.1, -0.05) is 6.92 Å².